The number of carbonyl (C=O) groups excluding carboxylic acids is 3. The maximum absolute atomic E-state index is 13.1. The Morgan fingerprint density at radius 2 is 1.88 bits per heavy atom. The third kappa shape index (κ3) is 3.91. The van der Waals surface area contributed by atoms with Crippen molar-refractivity contribution < 1.29 is 23.5 Å². The summed E-state index contributed by atoms with van der Waals surface area (Å²) in [7, 11) is 1.22. The Hall–Kier alpha value is -2.74. The van der Waals surface area contributed by atoms with Gasteiger partial charge in [0.05, 0.1) is 23.5 Å². The topological polar surface area (TPSA) is 98.5 Å². The molecule has 0 aliphatic carbocycles. The van der Waals surface area contributed by atoms with Crippen molar-refractivity contribution in [2.75, 3.05) is 12.8 Å². The number of benzene rings is 1. The molecule has 26 heavy (non-hydrogen) atoms. The molecule has 8 heteroatoms. The molecule has 0 bridgehead atoms. The van der Waals surface area contributed by atoms with Gasteiger partial charge in [-0.1, -0.05) is 19.1 Å². The molecule has 6 nitrogen and oxygen atoms in total. The highest BCUT2D eigenvalue weighted by molar-refractivity contribution is 7.18. The number of esters is 1. The lowest BCUT2D eigenvalue weighted by Gasteiger charge is -2.14. The number of hydrogen-bond acceptors (Lipinski definition) is 6. The summed E-state index contributed by atoms with van der Waals surface area (Å²) in [4.78, 5) is 36.9. The Labute approximate surface area is 154 Å². The van der Waals surface area contributed by atoms with Crippen molar-refractivity contribution >= 4 is 34.1 Å². The van der Waals surface area contributed by atoms with Crippen LogP contribution in [-0.4, -0.2) is 24.9 Å². The lowest BCUT2D eigenvalue weighted by atomic mass is 9.95. The second-order valence-electron chi connectivity index (χ2n) is 5.62. The number of nitrogens with two attached hydrogens (primary N) is 1. The van der Waals surface area contributed by atoms with E-state index in [1.165, 1.54) is 31.4 Å². The Morgan fingerprint density at radius 3 is 2.42 bits per heavy atom. The van der Waals surface area contributed by atoms with Crippen molar-refractivity contribution in [1.29, 1.82) is 0 Å². The largest absolute Gasteiger partial charge is 0.465 e. The van der Waals surface area contributed by atoms with Gasteiger partial charge >= 0.3 is 5.97 Å². The zero-order valence-electron chi connectivity index (χ0n) is 14.6. The van der Waals surface area contributed by atoms with Gasteiger partial charge in [-0.2, -0.15) is 0 Å². The minimum Gasteiger partial charge on any atom is -0.465 e. The van der Waals surface area contributed by atoms with Gasteiger partial charge in [-0.3, -0.25) is 14.9 Å². The van der Waals surface area contributed by atoms with Crippen LogP contribution >= 0.6 is 11.3 Å². The van der Waals surface area contributed by atoms with Crippen LogP contribution in [0.3, 0.4) is 0 Å². The van der Waals surface area contributed by atoms with Crippen molar-refractivity contribution in [2.45, 2.75) is 26.2 Å². The molecule has 1 aromatic heterocycles. The fourth-order valence-electron chi connectivity index (χ4n) is 2.63. The van der Waals surface area contributed by atoms with Crippen molar-refractivity contribution in [3.8, 4) is 0 Å². The Bertz CT molecular complexity index is 846. The fourth-order valence-corrected chi connectivity index (χ4v) is 3.59. The number of rotatable bonds is 5. The van der Waals surface area contributed by atoms with E-state index in [-0.39, 0.29) is 15.4 Å². The summed E-state index contributed by atoms with van der Waals surface area (Å²) in [6.45, 7) is 3.36. The molecule has 138 valence electrons. The number of nitrogen functional groups attached to an aromatic ring is 1. The van der Waals surface area contributed by atoms with E-state index in [4.69, 9.17) is 5.73 Å². The smallest absolute Gasteiger partial charge is 0.341 e. The first-order chi connectivity index (χ1) is 12.3. The third-order valence-corrected chi connectivity index (χ3v) is 5.12. The first-order valence-electron chi connectivity index (χ1n) is 7.87. The highest BCUT2D eigenvalue weighted by Crippen LogP contribution is 2.31. The number of amides is 2. The average molecular weight is 378 g/mol. The van der Waals surface area contributed by atoms with Gasteiger partial charge in [-0.15, -0.1) is 11.3 Å². The van der Waals surface area contributed by atoms with Crippen LogP contribution in [0, 0.1) is 12.7 Å². The van der Waals surface area contributed by atoms with Crippen LogP contribution < -0.4 is 11.1 Å². The number of methoxy groups -OCH3 is 1. The standard InChI is InChI=1S/C18H19FN2O4S/c1-4-12(10-5-7-11(19)8-6-10)16(22)21-17(23)14-9(2)13(15(20)26-14)18(24)25-3/h5-8,12H,4,20H2,1-3H3,(H,21,22,23). The molecule has 0 spiro atoms. The van der Waals surface area contributed by atoms with Crippen LogP contribution in [0.5, 0.6) is 0 Å². The summed E-state index contributed by atoms with van der Waals surface area (Å²) in [5, 5.41) is 2.48. The molecule has 0 saturated carbocycles. The second kappa shape index (κ2) is 8.09. The van der Waals surface area contributed by atoms with E-state index in [2.05, 4.69) is 10.1 Å². The number of halogens is 1. The van der Waals surface area contributed by atoms with E-state index in [1.54, 1.807) is 13.8 Å². The zero-order chi connectivity index (χ0) is 19.4. The predicted octanol–water partition coefficient (Wildman–Crippen LogP) is 3.01. The monoisotopic (exact) mass is 378 g/mol. The van der Waals surface area contributed by atoms with E-state index in [1.807, 2.05) is 0 Å². The molecule has 1 atom stereocenters. The molecule has 3 N–H and O–H groups in total. The lowest BCUT2D eigenvalue weighted by Crippen LogP contribution is -2.34. The number of nitrogens with one attached hydrogen (secondary N) is 1. The number of thiophene rings is 1. The Kier molecular flexibility index (Phi) is 6.10. The van der Waals surface area contributed by atoms with Crippen LogP contribution in [0.1, 0.15) is 50.4 Å². The minimum absolute atomic E-state index is 0.126. The third-order valence-electron chi connectivity index (χ3n) is 4.00. The molecule has 1 heterocycles. The normalized spacial score (nSPS) is 11.7. The molecular weight excluding hydrogens is 359 g/mol. The van der Waals surface area contributed by atoms with E-state index in [0.29, 0.717) is 17.5 Å². The van der Waals surface area contributed by atoms with Gasteiger partial charge in [-0.05, 0) is 36.6 Å². The lowest BCUT2D eigenvalue weighted by molar-refractivity contribution is -0.121. The molecule has 0 saturated heterocycles. The number of hydrogen-bond donors (Lipinski definition) is 2. The summed E-state index contributed by atoms with van der Waals surface area (Å²) in [5.41, 5.74) is 6.89. The van der Waals surface area contributed by atoms with Crippen LogP contribution in [0.4, 0.5) is 9.39 Å². The van der Waals surface area contributed by atoms with Crippen LogP contribution in [0.25, 0.3) is 0 Å². The first kappa shape index (κ1) is 19.6. The van der Waals surface area contributed by atoms with Crippen LogP contribution in [0.2, 0.25) is 0 Å². The molecule has 1 unspecified atom stereocenters. The summed E-state index contributed by atoms with van der Waals surface area (Å²) in [6, 6.07) is 5.55. The average Bonchev–Trinajstić information content (AvgIpc) is 2.91. The van der Waals surface area contributed by atoms with Gasteiger partial charge in [-0.25, -0.2) is 9.18 Å². The highest BCUT2D eigenvalue weighted by Gasteiger charge is 2.27. The zero-order valence-corrected chi connectivity index (χ0v) is 15.4. The molecule has 2 amide bonds. The molecule has 1 aromatic carbocycles. The van der Waals surface area contributed by atoms with Gasteiger partial charge in [0.1, 0.15) is 10.8 Å². The SMILES string of the molecule is CCC(C(=O)NC(=O)c1sc(N)c(C(=O)OC)c1C)c1ccc(F)cc1. The van der Waals surface area contributed by atoms with Gasteiger partial charge < -0.3 is 10.5 Å². The fraction of sp³-hybridized carbons (Fsp3) is 0.278. The van der Waals surface area contributed by atoms with Crippen molar-refractivity contribution in [2.24, 2.45) is 0 Å². The summed E-state index contributed by atoms with van der Waals surface area (Å²) >= 11 is 0.915. The second-order valence-corrected chi connectivity index (χ2v) is 6.67. The summed E-state index contributed by atoms with van der Waals surface area (Å²) in [6.07, 6.45) is 0.434. The van der Waals surface area contributed by atoms with Crippen molar-refractivity contribution in [1.82, 2.24) is 5.32 Å². The molecule has 0 fully saturated rings. The van der Waals surface area contributed by atoms with Crippen LogP contribution in [-0.2, 0) is 9.53 Å². The molecular formula is C18H19FN2O4S. The molecule has 0 aliphatic rings. The molecule has 0 radical (unpaired) electrons. The molecule has 0 aliphatic heterocycles. The van der Waals surface area contributed by atoms with E-state index in [9.17, 15) is 18.8 Å². The maximum atomic E-state index is 13.1. The van der Waals surface area contributed by atoms with Gasteiger partial charge in [0, 0.05) is 0 Å². The molecule has 2 aromatic rings. The van der Waals surface area contributed by atoms with Crippen LogP contribution in [0.15, 0.2) is 24.3 Å². The van der Waals surface area contributed by atoms with Gasteiger partial charge in [0.15, 0.2) is 0 Å². The number of anilines is 1. The Balaban J connectivity index is 2.22. The number of carbonyl (C=O) groups is 3. The summed E-state index contributed by atoms with van der Waals surface area (Å²) in [5.74, 6) is -2.79. The highest BCUT2D eigenvalue weighted by atomic mass is 32.1. The Morgan fingerprint density at radius 1 is 1.27 bits per heavy atom. The van der Waals surface area contributed by atoms with E-state index >= 15 is 0 Å². The van der Waals surface area contributed by atoms with E-state index < -0.39 is 29.5 Å². The quantitative estimate of drug-likeness (QED) is 0.780. The van der Waals surface area contributed by atoms with E-state index in [0.717, 1.165) is 11.3 Å². The van der Waals surface area contributed by atoms with Crippen molar-refractivity contribution in [3.63, 3.8) is 0 Å². The summed E-state index contributed by atoms with van der Waals surface area (Å²) < 4.78 is 17.7. The molecule has 2 rings (SSSR count). The maximum Gasteiger partial charge on any atom is 0.341 e. The van der Waals surface area contributed by atoms with Gasteiger partial charge in [0.25, 0.3) is 5.91 Å². The first-order valence-corrected chi connectivity index (χ1v) is 8.69. The predicted molar refractivity (Wildman–Crippen MR) is 96.7 cm³/mol. The van der Waals surface area contributed by atoms with Crippen molar-refractivity contribution in [3.05, 3.63) is 51.7 Å². The number of ether oxygens (including phenoxy) is 1. The minimum atomic E-state index is -0.639. The number of imide groups is 1. The van der Waals surface area contributed by atoms with Gasteiger partial charge in [0.2, 0.25) is 5.91 Å².